The van der Waals surface area contributed by atoms with E-state index in [1.165, 1.54) is 16.7 Å². The lowest BCUT2D eigenvalue weighted by Gasteiger charge is -2.05. The zero-order chi connectivity index (χ0) is 8.97. The van der Waals surface area contributed by atoms with Crippen LogP contribution in [0.25, 0.3) is 0 Å². The van der Waals surface area contributed by atoms with Crippen molar-refractivity contribution in [1.82, 2.24) is 0 Å². The van der Waals surface area contributed by atoms with Crippen LogP contribution in [0.3, 0.4) is 0 Å². The highest BCUT2D eigenvalue weighted by atomic mass is 14.0. The molecule has 0 aliphatic carbocycles. The minimum atomic E-state index is 1.06. The Balaban J connectivity index is 2.96. The van der Waals surface area contributed by atoms with Crippen LogP contribution in [-0.2, 0) is 6.42 Å². The van der Waals surface area contributed by atoms with Crippen molar-refractivity contribution < 1.29 is 0 Å². The molecule has 64 valence electrons. The van der Waals surface area contributed by atoms with Crippen molar-refractivity contribution in [1.29, 1.82) is 0 Å². The van der Waals surface area contributed by atoms with E-state index in [1.807, 2.05) is 0 Å². The number of hydrogen-bond acceptors (Lipinski definition) is 0. The Labute approximate surface area is 74.9 Å². The van der Waals surface area contributed by atoms with E-state index in [0.29, 0.717) is 0 Å². The number of aryl methyl sites for hydroxylation is 2. The zero-order valence-corrected chi connectivity index (χ0v) is 8.09. The lowest BCUT2D eigenvalue weighted by atomic mass is 10.0. The molecule has 0 aliphatic heterocycles. The molecule has 12 heavy (non-hydrogen) atoms. The smallest absolute Gasteiger partial charge is 0.00923 e. The lowest BCUT2D eigenvalue weighted by Crippen LogP contribution is -1.90. The second-order valence-electron chi connectivity index (χ2n) is 3.14. The summed E-state index contributed by atoms with van der Waals surface area (Å²) in [6.07, 6.45) is 5.37. The first kappa shape index (κ1) is 9.05. The SMILES string of the molecule is CC=CCc1c(C)cccc1C. The standard InChI is InChI=1S/C12H16/c1-4-5-9-12-10(2)7-6-8-11(12)3/h4-8H,9H2,1-3H3. The molecular weight excluding hydrogens is 144 g/mol. The second kappa shape index (κ2) is 4.10. The molecule has 0 aromatic heterocycles. The first-order valence-electron chi connectivity index (χ1n) is 4.42. The first-order chi connectivity index (χ1) is 5.75. The van der Waals surface area contributed by atoms with Crippen molar-refractivity contribution in [3.8, 4) is 0 Å². The number of benzene rings is 1. The molecule has 0 amide bonds. The molecule has 0 radical (unpaired) electrons. The molecule has 0 saturated carbocycles. The molecule has 0 heterocycles. The van der Waals surface area contributed by atoms with Gasteiger partial charge in [0.15, 0.2) is 0 Å². The molecule has 1 aromatic rings. The second-order valence-corrected chi connectivity index (χ2v) is 3.14. The summed E-state index contributed by atoms with van der Waals surface area (Å²) in [5, 5.41) is 0. The van der Waals surface area contributed by atoms with E-state index in [9.17, 15) is 0 Å². The van der Waals surface area contributed by atoms with Crippen LogP contribution < -0.4 is 0 Å². The van der Waals surface area contributed by atoms with Crippen LogP contribution in [0.15, 0.2) is 30.4 Å². The van der Waals surface area contributed by atoms with E-state index in [1.54, 1.807) is 0 Å². The van der Waals surface area contributed by atoms with Crippen molar-refractivity contribution in [3.05, 3.63) is 47.0 Å². The molecular formula is C12H16. The Morgan fingerprint density at radius 2 is 1.75 bits per heavy atom. The van der Waals surface area contributed by atoms with Gasteiger partial charge in [0.05, 0.1) is 0 Å². The van der Waals surface area contributed by atoms with E-state index in [-0.39, 0.29) is 0 Å². The van der Waals surface area contributed by atoms with Crippen LogP contribution in [0.5, 0.6) is 0 Å². The van der Waals surface area contributed by atoms with Gasteiger partial charge in [0, 0.05) is 0 Å². The topological polar surface area (TPSA) is 0 Å². The summed E-state index contributed by atoms with van der Waals surface area (Å²) in [7, 11) is 0. The highest BCUT2D eigenvalue weighted by Crippen LogP contribution is 2.13. The van der Waals surface area contributed by atoms with Gasteiger partial charge in [-0.3, -0.25) is 0 Å². The first-order valence-corrected chi connectivity index (χ1v) is 4.42. The molecule has 0 atom stereocenters. The maximum atomic E-state index is 2.20. The average Bonchev–Trinajstić information content (AvgIpc) is 2.04. The third-order valence-electron chi connectivity index (χ3n) is 2.20. The van der Waals surface area contributed by atoms with E-state index in [2.05, 4.69) is 51.1 Å². The molecule has 1 rings (SSSR count). The molecule has 1 aromatic carbocycles. The molecule has 0 aliphatic rings. The average molecular weight is 160 g/mol. The molecule has 0 spiro atoms. The van der Waals surface area contributed by atoms with Gasteiger partial charge in [0.2, 0.25) is 0 Å². The van der Waals surface area contributed by atoms with Crippen LogP contribution in [0.2, 0.25) is 0 Å². The van der Waals surface area contributed by atoms with Gasteiger partial charge >= 0.3 is 0 Å². The van der Waals surface area contributed by atoms with Crippen LogP contribution >= 0.6 is 0 Å². The summed E-state index contributed by atoms with van der Waals surface area (Å²) < 4.78 is 0. The van der Waals surface area contributed by atoms with Crippen molar-refractivity contribution in [2.75, 3.05) is 0 Å². The molecule has 0 saturated heterocycles. The fourth-order valence-electron chi connectivity index (χ4n) is 1.41. The van der Waals surface area contributed by atoms with E-state index in [0.717, 1.165) is 6.42 Å². The number of hydrogen-bond donors (Lipinski definition) is 0. The Hall–Kier alpha value is -1.04. The minimum absolute atomic E-state index is 1.06. The summed E-state index contributed by atoms with van der Waals surface area (Å²) >= 11 is 0. The monoisotopic (exact) mass is 160 g/mol. The van der Waals surface area contributed by atoms with Gasteiger partial charge in [-0.2, -0.15) is 0 Å². The largest absolute Gasteiger partial charge is 0.0913 e. The summed E-state index contributed by atoms with van der Waals surface area (Å²) in [4.78, 5) is 0. The van der Waals surface area contributed by atoms with E-state index >= 15 is 0 Å². The maximum Gasteiger partial charge on any atom is -0.00923 e. The quantitative estimate of drug-likeness (QED) is 0.581. The summed E-state index contributed by atoms with van der Waals surface area (Å²) in [6, 6.07) is 6.46. The van der Waals surface area contributed by atoms with Gasteiger partial charge in [0.1, 0.15) is 0 Å². The summed E-state index contributed by atoms with van der Waals surface area (Å²) in [5.41, 5.74) is 4.26. The van der Waals surface area contributed by atoms with Gasteiger partial charge in [-0.1, -0.05) is 30.4 Å². The van der Waals surface area contributed by atoms with Gasteiger partial charge in [-0.05, 0) is 43.9 Å². The van der Waals surface area contributed by atoms with Gasteiger partial charge in [-0.25, -0.2) is 0 Å². The van der Waals surface area contributed by atoms with Crippen molar-refractivity contribution in [2.24, 2.45) is 0 Å². The van der Waals surface area contributed by atoms with Crippen molar-refractivity contribution in [2.45, 2.75) is 27.2 Å². The Bertz CT molecular complexity index is 262. The molecule has 0 fully saturated rings. The number of allylic oxidation sites excluding steroid dienone is 2. The highest BCUT2D eigenvalue weighted by molar-refractivity contribution is 5.34. The molecule has 0 unspecified atom stereocenters. The highest BCUT2D eigenvalue weighted by Gasteiger charge is 1.97. The van der Waals surface area contributed by atoms with Crippen LogP contribution in [0.4, 0.5) is 0 Å². The van der Waals surface area contributed by atoms with Gasteiger partial charge in [-0.15, -0.1) is 0 Å². The zero-order valence-electron chi connectivity index (χ0n) is 8.09. The van der Waals surface area contributed by atoms with Crippen molar-refractivity contribution >= 4 is 0 Å². The minimum Gasteiger partial charge on any atom is -0.0913 e. The Kier molecular flexibility index (Phi) is 3.09. The fraction of sp³-hybridized carbons (Fsp3) is 0.333. The summed E-state index contributed by atoms with van der Waals surface area (Å²) in [5.74, 6) is 0. The third kappa shape index (κ3) is 1.97. The predicted molar refractivity (Wildman–Crippen MR) is 54.4 cm³/mol. The van der Waals surface area contributed by atoms with Crippen LogP contribution in [-0.4, -0.2) is 0 Å². The summed E-state index contributed by atoms with van der Waals surface area (Å²) in [6.45, 7) is 6.41. The van der Waals surface area contributed by atoms with Gasteiger partial charge in [0.25, 0.3) is 0 Å². The fourth-order valence-corrected chi connectivity index (χ4v) is 1.41. The molecule has 0 N–H and O–H groups in total. The van der Waals surface area contributed by atoms with Crippen LogP contribution in [0, 0.1) is 13.8 Å². The van der Waals surface area contributed by atoms with Gasteiger partial charge < -0.3 is 0 Å². The molecule has 0 bridgehead atoms. The maximum absolute atomic E-state index is 2.20. The molecule has 0 nitrogen and oxygen atoms in total. The third-order valence-corrected chi connectivity index (χ3v) is 2.20. The predicted octanol–water partition coefficient (Wildman–Crippen LogP) is 3.42. The van der Waals surface area contributed by atoms with Crippen molar-refractivity contribution in [3.63, 3.8) is 0 Å². The lowest BCUT2D eigenvalue weighted by molar-refractivity contribution is 1.16. The van der Waals surface area contributed by atoms with Crippen LogP contribution in [0.1, 0.15) is 23.6 Å². The Morgan fingerprint density at radius 3 is 2.25 bits per heavy atom. The Morgan fingerprint density at radius 1 is 1.17 bits per heavy atom. The van der Waals surface area contributed by atoms with E-state index < -0.39 is 0 Å². The number of rotatable bonds is 2. The van der Waals surface area contributed by atoms with E-state index in [4.69, 9.17) is 0 Å². The normalized spacial score (nSPS) is 10.9. The molecule has 0 heteroatoms.